The zero-order valence-corrected chi connectivity index (χ0v) is 26.0. The number of amides is 2. The van der Waals surface area contributed by atoms with Gasteiger partial charge in [-0.1, -0.05) is 12.1 Å². The van der Waals surface area contributed by atoms with E-state index in [9.17, 15) is 48.2 Å². The number of nitrogens with zero attached hydrogens (tertiary/aromatic N) is 2. The first-order valence-corrected chi connectivity index (χ1v) is 16.8. The van der Waals surface area contributed by atoms with Gasteiger partial charge in [-0.3, -0.25) is 18.5 Å². The summed E-state index contributed by atoms with van der Waals surface area (Å²) in [6, 6.07) is 6.33. The zero-order valence-electron chi connectivity index (χ0n) is 24.2. The molecule has 7 N–H and O–H groups in total. The van der Waals surface area contributed by atoms with Gasteiger partial charge in [0, 0.05) is 13.1 Å². The molecule has 4 rings (SSSR count). The predicted octanol–water partition coefficient (Wildman–Crippen LogP) is -0.00650. The third kappa shape index (κ3) is 8.83. The molecule has 0 radical (unpaired) electrons. The SMILES string of the molecule is CC(=O)Nc1ccn([C@@H]2O[C@H](C(O)CCC(NC(=O)OCc3ccc(P(=O)(O)O)cc3)P(=O)(O)O)[C@H]3OC(C)(C)O[C@H]32)c(=O)n1. The Kier molecular flexibility index (Phi) is 10.4. The topological polar surface area (TPSA) is 265 Å². The lowest BCUT2D eigenvalue weighted by atomic mass is 10.0. The summed E-state index contributed by atoms with van der Waals surface area (Å²) in [5.74, 6) is -3.29. The van der Waals surface area contributed by atoms with Crippen molar-refractivity contribution in [3.8, 4) is 0 Å². The second-order valence-electron chi connectivity index (χ2n) is 10.9. The number of anilines is 1. The van der Waals surface area contributed by atoms with Crippen molar-refractivity contribution >= 4 is 38.3 Å². The van der Waals surface area contributed by atoms with E-state index in [-0.39, 0.29) is 24.2 Å². The molecule has 0 spiro atoms. The van der Waals surface area contributed by atoms with E-state index in [0.717, 1.165) is 16.7 Å². The maximum Gasteiger partial charge on any atom is 0.408 e. The molecule has 2 aliphatic rings. The summed E-state index contributed by atoms with van der Waals surface area (Å²) in [7, 11) is -9.41. The first-order valence-electron chi connectivity index (χ1n) is 13.5. The largest absolute Gasteiger partial charge is 0.445 e. The smallest absolute Gasteiger partial charge is 0.408 e. The molecular formula is C25H34N4O14P2. The number of rotatable bonds is 11. The lowest BCUT2D eigenvalue weighted by Gasteiger charge is -2.28. The molecule has 2 aliphatic heterocycles. The summed E-state index contributed by atoms with van der Waals surface area (Å²) in [6.45, 7) is 4.14. The number of fused-ring (bicyclic) bond motifs is 1. The van der Waals surface area contributed by atoms with Crippen LogP contribution in [0.15, 0.2) is 41.3 Å². The Morgan fingerprint density at radius 2 is 1.71 bits per heavy atom. The first-order chi connectivity index (χ1) is 20.8. The number of aliphatic hydroxyl groups excluding tert-OH is 1. The molecule has 1 aromatic carbocycles. The fourth-order valence-electron chi connectivity index (χ4n) is 4.93. The third-order valence-electron chi connectivity index (χ3n) is 6.92. The van der Waals surface area contributed by atoms with Gasteiger partial charge in [0.05, 0.1) is 11.4 Å². The summed E-state index contributed by atoms with van der Waals surface area (Å²) in [5.41, 5.74) is -0.427. The summed E-state index contributed by atoms with van der Waals surface area (Å²) in [6.07, 6.45) is -5.97. The molecule has 0 saturated carbocycles. The van der Waals surface area contributed by atoms with E-state index in [1.54, 1.807) is 13.8 Å². The molecule has 2 fully saturated rings. The van der Waals surface area contributed by atoms with Gasteiger partial charge in [-0.15, -0.1) is 0 Å². The first kappa shape index (κ1) is 34.8. The maximum atomic E-state index is 12.8. The minimum absolute atomic E-state index is 0.0195. The van der Waals surface area contributed by atoms with Crippen LogP contribution in [0, 0.1) is 0 Å². The van der Waals surface area contributed by atoms with Gasteiger partial charge in [-0.2, -0.15) is 4.98 Å². The van der Waals surface area contributed by atoms with Gasteiger partial charge >= 0.3 is 27.0 Å². The van der Waals surface area contributed by atoms with Crippen LogP contribution in [-0.4, -0.2) is 82.2 Å². The number of nitrogens with one attached hydrogen (secondary N) is 2. The van der Waals surface area contributed by atoms with Crippen molar-refractivity contribution in [2.24, 2.45) is 0 Å². The van der Waals surface area contributed by atoms with E-state index in [1.165, 1.54) is 31.3 Å². The molecule has 2 unspecified atom stereocenters. The van der Waals surface area contributed by atoms with E-state index >= 15 is 0 Å². The highest BCUT2D eigenvalue weighted by Crippen LogP contribution is 2.46. The summed E-state index contributed by atoms with van der Waals surface area (Å²) in [5, 5.41) is 15.3. The molecule has 248 valence electrons. The Morgan fingerprint density at radius 1 is 1.07 bits per heavy atom. The monoisotopic (exact) mass is 676 g/mol. The van der Waals surface area contributed by atoms with Crippen LogP contribution in [0.5, 0.6) is 0 Å². The predicted molar refractivity (Wildman–Crippen MR) is 153 cm³/mol. The number of hydrogen-bond acceptors (Lipinski definition) is 11. The Morgan fingerprint density at radius 3 is 2.29 bits per heavy atom. The number of alkyl carbamates (subject to hydrolysis) is 1. The average Bonchev–Trinajstić information content (AvgIpc) is 3.41. The molecular weight excluding hydrogens is 642 g/mol. The number of carbonyl (C=O) groups excluding carboxylic acids is 2. The molecule has 0 bridgehead atoms. The molecule has 20 heteroatoms. The molecule has 6 atom stereocenters. The molecule has 3 heterocycles. The van der Waals surface area contributed by atoms with Crippen molar-refractivity contribution in [3.63, 3.8) is 0 Å². The zero-order chi connectivity index (χ0) is 33.3. The van der Waals surface area contributed by atoms with Crippen LogP contribution < -0.4 is 21.6 Å². The molecule has 1 aromatic heterocycles. The second kappa shape index (κ2) is 13.4. The van der Waals surface area contributed by atoms with Gasteiger partial charge in [-0.05, 0) is 50.5 Å². The number of aliphatic hydroxyl groups is 1. The molecule has 0 aliphatic carbocycles. The van der Waals surface area contributed by atoms with Crippen LogP contribution in [0.2, 0.25) is 0 Å². The second-order valence-corrected chi connectivity index (χ2v) is 14.3. The Bertz CT molecular complexity index is 1560. The number of carbonyl (C=O) groups is 2. The standard InChI is InChI=1S/C25H34N4O14P2/c1-13(30)26-17-10-11-29(23(32)27-17)22-21-20(42-25(2,3)43-21)19(41-22)16(31)8-9-18(45(37,38)39)28-24(33)40-12-14-4-6-15(7-5-14)44(34,35)36/h4-7,10-11,16,18-22,31H,8-9,12H2,1-3H3,(H,28,33)(H2,34,35,36)(H2,37,38,39)(H,26,27,30,32)/t16?,18?,19-,20-,21-,22-/m1/s1. The fraction of sp³-hybridized carbons (Fsp3) is 0.520. The highest BCUT2D eigenvalue weighted by molar-refractivity contribution is 7.60. The quantitative estimate of drug-likeness (QED) is 0.154. The lowest BCUT2D eigenvalue weighted by molar-refractivity contribution is -0.208. The minimum Gasteiger partial charge on any atom is -0.445 e. The van der Waals surface area contributed by atoms with Gasteiger partial charge in [0.15, 0.2) is 12.0 Å². The van der Waals surface area contributed by atoms with E-state index in [1.807, 2.05) is 0 Å². The number of benzene rings is 1. The molecule has 2 saturated heterocycles. The van der Waals surface area contributed by atoms with E-state index in [0.29, 0.717) is 5.56 Å². The van der Waals surface area contributed by atoms with Crippen molar-refractivity contribution in [2.75, 3.05) is 5.32 Å². The Hall–Kier alpha value is -3.02. The average molecular weight is 677 g/mol. The summed E-state index contributed by atoms with van der Waals surface area (Å²) >= 11 is 0. The van der Waals surface area contributed by atoms with Gasteiger partial charge < -0.3 is 54.3 Å². The Balaban J connectivity index is 1.40. The molecule has 2 aromatic rings. The normalized spacial score (nSPS) is 24.0. The fourth-order valence-corrected chi connectivity index (χ4v) is 6.22. The van der Waals surface area contributed by atoms with Gasteiger partial charge in [-0.25, -0.2) is 9.59 Å². The van der Waals surface area contributed by atoms with E-state index < -0.39 is 81.5 Å². The van der Waals surface area contributed by atoms with E-state index in [2.05, 4.69) is 15.6 Å². The highest BCUT2D eigenvalue weighted by Gasteiger charge is 2.57. The summed E-state index contributed by atoms with van der Waals surface area (Å²) in [4.78, 5) is 78.3. The highest BCUT2D eigenvalue weighted by atomic mass is 31.2. The third-order valence-corrected chi connectivity index (χ3v) is 9.09. The molecule has 2 amide bonds. The van der Waals surface area contributed by atoms with Crippen LogP contribution in [0.25, 0.3) is 0 Å². The molecule has 18 nitrogen and oxygen atoms in total. The van der Waals surface area contributed by atoms with Crippen LogP contribution >= 0.6 is 15.2 Å². The van der Waals surface area contributed by atoms with Gasteiger partial charge in [0.1, 0.15) is 36.5 Å². The Labute approximate surface area is 256 Å². The van der Waals surface area contributed by atoms with Crippen molar-refractivity contribution in [3.05, 3.63) is 52.6 Å². The number of ether oxygens (including phenoxy) is 4. The lowest BCUT2D eigenvalue weighted by Crippen LogP contribution is -2.40. The van der Waals surface area contributed by atoms with Gasteiger partial charge in [0.25, 0.3) is 0 Å². The molecule has 45 heavy (non-hydrogen) atoms. The van der Waals surface area contributed by atoms with Crippen LogP contribution in [0.1, 0.15) is 45.4 Å². The van der Waals surface area contributed by atoms with Crippen LogP contribution in [-0.2, 0) is 39.5 Å². The van der Waals surface area contributed by atoms with Crippen LogP contribution in [0.3, 0.4) is 0 Å². The minimum atomic E-state index is -4.95. The number of hydrogen-bond donors (Lipinski definition) is 7. The van der Waals surface area contributed by atoms with Gasteiger partial charge in [0.2, 0.25) is 5.91 Å². The van der Waals surface area contributed by atoms with Crippen molar-refractivity contribution in [1.29, 1.82) is 0 Å². The number of aromatic nitrogens is 2. The van der Waals surface area contributed by atoms with Crippen LogP contribution in [0.4, 0.5) is 10.6 Å². The summed E-state index contributed by atoms with van der Waals surface area (Å²) < 4.78 is 47.4. The van der Waals surface area contributed by atoms with Crippen molar-refractivity contribution < 1.29 is 62.3 Å². The maximum absolute atomic E-state index is 12.8. The van der Waals surface area contributed by atoms with Crippen molar-refractivity contribution in [2.45, 2.75) is 82.4 Å². The van der Waals surface area contributed by atoms with Crippen molar-refractivity contribution in [1.82, 2.24) is 14.9 Å². The van der Waals surface area contributed by atoms with E-state index in [4.69, 9.17) is 18.9 Å².